The Labute approximate surface area is 205 Å². The van der Waals surface area contributed by atoms with E-state index in [-0.39, 0.29) is 22.0 Å². The zero-order valence-electron chi connectivity index (χ0n) is 18.7. The van der Waals surface area contributed by atoms with Crippen LogP contribution in [0.15, 0.2) is 83.5 Å². The standard InChI is InChI=1S/C26H19ClN2O6/c1-15-6-5-7-18(14-15)35-25(32)16-10-12-17(13-11-16)28-22-21(27)23(30)29(24(22)31)20-9-4-3-8-19(20)26(33)34-2/h3-14,28H,1-2H3. The van der Waals surface area contributed by atoms with Crippen molar-refractivity contribution in [2.24, 2.45) is 0 Å². The van der Waals surface area contributed by atoms with Crippen LogP contribution < -0.4 is 15.0 Å². The fraction of sp³-hybridized carbons (Fsp3) is 0.0769. The second-order valence-corrected chi connectivity index (χ2v) is 7.93. The molecule has 0 unspecified atom stereocenters. The van der Waals surface area contributed by atoms with E-state index in [1.807, 2.05) is 13.0 Å². The Hall–Kier alpha value is -4.43. The summed E-state index contributed by atoms with van der Waals surface area (Å²) >= 11 is 6.18. The first kappa shape index (κ1) is 23.7. The molecule has 0 radical (unpaired) electrons. The molecule has 0 atom stereocenters. The maximum absolute atomic E-state index is 13.1. The van der Waals surface area contributed by atoms with E-state index in [0.29, 0.717) is 17.0 Å². The number of nitrogens with zero attached hydrogens (tertiary/aromatic N) is 1. The van der Waals surface area contributed by atoms with E-state index in [9.17, 15) is 19.2 Å². The molecule has 2 amide bonds. The predicted octanol–water partition coefficient (Wildman–Crippen LogP) is 4.44. The summed E-state index contributed by atoms with van der Waals surface area (Å²) in [5.74, 6) is -2.34. The molecule has 0 fully saturated rings. The third kappa shape index (κ3) is 4.78. The molecule has 1 N–H and O–H groups in total. The number of carbonyl (C=O) groups is 4. The fourth-order valence-electron chi connectivity index (χ4n) is 3.46. The fourth-order valence-corrected chi connectivity index (χ4v) is 3.67. The summed E-state index contributed by atoms with van der Waals surface area (Å²) in [4.78, 5) is 51.2. The van der Waals surface area contributed by atoms with Crippen molar-refractivity contribution < 1.29 is 28.7 Å². The molecule has 35 heavy (non-hydrogen) atoms. The molecule has 0 bridgehead atoms. The SMILES string of the molecule is COC(=O)c1ccccc1N1C(=O)C(Cl)=C(Nc2ccc(C(=O)Oc3cccc(C)c3)cc2)C1=O. The number of methoxy groups -OCH3 is 1. The highest BCUT2D eigenvalue weighted by atomic mass is 35.5. The van der Waals surface area contributed by atoms with Crippen LogP contribution in [0.3, 0.4) is 0 Å². The lowest BCUT2D eigenvalue weighted by molar-refractivity contribution is -0.120. The summed E-state index contributed by atoms with van der Waals surface area (Å²) in [6.07, 6.45) is 0. The first-order chi connectivity index (χ1) is 16.8. The third-order valence-electron chi connectivity index (χ3n) is 5.17. The van der Waals surface area contributed by atoms with Gasteiger partial charge in [0.2, 0.25) is 0 Å². The Bertz CT molecular complexity index is 1380. The van der Waals surface area contributed by atoms with Crippen molar-refractivity contribution in [1.29, 1.82) is 0 Å². The van der Waals surface area contributed by atoms with Gasteiger partial charge in [0.05, 0.1) is 23.9 Å². The Morgan fingerprint density at radius 2 is 1.60 bits per heavy atom. The molecule has 0 saturated carbocycles. The number of benzene rings is 3. The smallest absolute Gasteiger partial charge is 0.343 e. The summed E-state index contributed by atoms with van der Waals surface area (Å²) < 4.78 is 10.1. The number of esters is 2. The highest BCUT2D eigenvalue weighted by Gasteiger charge is 2.40. The van der Waals surface area contributed by atoms with Crippen molar-refractivity contribution in [2.45, 2.75) is 6.92 Å². The van der Waals surface area contributed by atoms with Gasteiger partial charge in [-0.1, -0.05) is 35.9 Å². The molecule has 1 aliphatic heterocycles. The molecule has 176 valence electrons. The van der Waals surface area contributed by atoms with Crippen LogP contribution in [0.4, 0.5) is 11.4 Å². The molecule has 0 aliphatic carbocycles. The monoisotopic (exact) mass is 490 g/mol. The molecule has 8 nitrogen and oxygen atoms in total. The van der Waals surface area contributed by atoms with Crippen molar-refractivity contribution in [3.8, 4) is 5.75 Å². The van der Waals surface area contributed by atoms with E-state index in [4.69, 9.17) is 21.1 Å². The van der Waals surface area contributed by atoms with Crippen LogP contribution in [0, 0.1) is 6.92 Å². The van der Waals surface area contributed by atoms with Crippen molar-refractivity contribution in [2.75, 3.05) is 17.3 Å². The number of amides is 2. The van der Waals surface area contributed by atoms with Gasteiger partial charge in [-0.3, -0.25) is 9.59 Å². The van der Waals surface area contributed by atoms with Crippen LogP contribution in [-0.2, 0) is 14.3 Å². The number of anilines is 2. The maximum Gasteiger partial charge on any atom is 0.343 e. The van der Waals surface area contributed by atoms with Crippen LogP contribution in [0.5, 0.6) is 5.75 Å². The normalized spacial score (nSPS) is 13.2. The average Bonchev–Trinajstić information content (AvgIpc) is 3.07. The van der Waals surface area contributed by atoms with E-state index in [1.165, 1.54) is 31.4 Å². The van der Waals surface area contributed by atoms with Crippen LogP contribution in [0.1, 0.15) is 26.3 Å². The van der Waals surface area contributed by atoms with Crippen LogP contribution >= 0.6 is 11.6 Å². The van der Waals surface area contributed by atoms with Gasteiger partial charge in [0, 0.05) is 5.69 Å². The largest absolute Gasteiger partial charge is 0.465 e. The minimum atomic E-state index is -0.783. The van der Waals surface area contributed by atoms with Gasteiger partial charge in [-0.2, -0.15) is 0 Å². The Morgan fingerprint density at radius 3 is 2.29 bits per heavy atom. The van der Waals surface area contributed by atoms with E-state index in [1.54, 1.807) is 42.5 Å². The van der Waals surface area contributed by atoms with E-state index in [0.717, 1.165) is 10.5 Å². The van der Waals surface area contributed by atoms with Crippen LogP contribution in [-0.4, -0.2) is 30.9 Å². The first-order valence-corrected chi connectivity index (χ1v) is 10.8. The summed E-state index contributed by atoms with van der Waals surface area (Å²) in [5, 5.41) is 2.49. The van der Waals surface area contributed by atoms with Gasteiger partial charge >= 0.3 is 11.9 Å². The van der Waals surface area contributed by atoms with Crippen molar-refractivity contribution in [3.63, 3.8) is 0 Å². The second-order valence-electron chi connectivity index (χ2n) is 7.55. The minimum Gasteiger partial charge on any atom is -0.465 e. The van der Waals surface area contributed by atoms with Gasteiger partial charge in [-0.05, 0) is 61.0 Å². The number of rotatable bonds is 6. The Morgan fingerprint density at radius 1 is 0.886 bits per heavy atom. The van der Waals surface area contributed by atoms with Crippen molar-refractivity contribution in [3.05, 3.63) is 100 Å². The van der Waals surface area contributed by atoms with Crippen LogP contribution in [0.2, 0.25) is 0 Å². The first-order valence-electron chi connectivity index (χ1n) is 10.4. The van der Waals surface area contributed by atoms with Gasteiger partial charge in [0.1, 0.15) is 16.5 Å². The number of hydrogen-bond acceptors (Lipinski definition) is 7. The number of imide groups is 1. The summed E-state index contributed by atoms with van der Waals surface area (Å²) in [5.41, 5.74) is 1.59. The molecular weight excluding hydrogens is 472 g/mol. The summed E-state index contributed by atoms with van der Waals surface area (Å²) in [6.45, 7) is 1.89. The van der Waals surface area contributed by atoms with Gasteiger partial charge in [0.15, 0.2) is 0 Å². The molecule has 4 rings (SSSR count). The van der Waals surface area contributed by atoms with E-state index < -0.39 is 23.8 Å². The lowest BCUT2D eigenvalue weighted by Gasteiger charge is -2.17. The lowest BCUT2D eigenvalue weighted by Crippen LogP contribution is -2.33. The minimum absolute atomic E-state index is 0.0406. The molecule has 3 aromatic rings. The Balaban J connectivity index is 1.52. The molecule has 1 aliphatic rings. The number of carbonyl (C=O) groups excluding carboxylic acids is 4. The number of para-hydroxylation sites is 1. The lowest BCUT2D eigenvalue weighted by atomic mass is 10.1. The number of hydrogen-bond donors (Lipinski definition) is 1. The third-order valence-corrected chi connectivity index (χ3v) is 5.52. The highest BCUT2D eigenvalue weighted by molar-refractivity contribution is 6.53. The number of ether oxygens (including phenoxy) is 2. The molecule has 0 aromatic heterocycles. The Kier molecular flexibility index (Phi) is 6.66. The van der Waals surface area contributed by atoms with Crippen LogP contribution in [0.25, 0.3) is 0 Å². The average molecular weight is 491 g/mol. The molecule has 0 saturated heterocycles. The number of aryl methyl sites for hydroxylation is 1. The maximum atomic E-state index is 13.1. The zero-order valence-corrected chi connectivity index (χ0v) is 19.5. The molecule has 9 heteroatoms. The highest BCUT2D eigenvalue weighted by Crippen LogP contribution is 2.32. The topological polar surface area (TPSA) is 102 Å². The van der Waals surface area contributed by atoms with Gasteiger partial charge in [-0.15, -0.1) is 0 Å². The van der Waals surface area contributed by atoms with E-state index >= 15 is 0 Å². The summed E-state index contributed by atoms with van der Waals surface area (Å²) in [7, 11) is 1.20. The van der Waals surface area contributed by atoms with Gasteiger partial charge in [-0.25, -0.2) is 14.5 Å². The molecule has 0 spiro atoms. The number of halogens is 1. The second kappa shape index (κ2) is 9.82. The predicted molar refractivity (Wildman–Crippen MR) is 129 cm³/mol. The zero-order chi connectivity index (χ0) is 25.1. The number of nitrogens with one attached hydrogen (secondary N) is 1. The summed E-state index contributed by atoms with van der Waals surface area (Å²) in [6, 6.07) is 19.3. The van der Waals surface area contributed by atoms with Gasteiger partial charge in [0.25, 0.3) is 11.8 Å². The van der Waals surface area contributed by atoms with Crippen molar-refractivity contribution in [1.82, 2.24) is 0 Å². The molecule has 1 heterocycles. The van der Waals surface area contributed by atoms with Crippen molar-refractivity contribution >= 4 is 46.7 Å². The van der Waals surface area contributed by atoms with Gasteiger partial charge < -0.3 is 14.8 Å². The molecule has 3 aromatic carbocycles. The molecular formula is C26H19ClN2O6. The quantitative estimate of drug-likeness (QED) is 0.309. The van der Waals surface area contributed by atoms with E-state index in [2.05, 4.69) is 5.32 Å².